The number of anilines is 1. The standard InChI is InChI=1S/C20H23N5O2.CH4O4S/c1-25-16-10-4-2-7-13(16)18(14-8-3-5-11-17(14)25)24-15(19(26)27)9-6-12-23-20(21)22;1-5-6(2,3)4/h2-5,7-8,10-11,15H,6,9,12H2,1H3,(H5,21,22,23,26,27);1H3,(H,2,3,4)/p+1. The van der Waals surface area contributed by atoms with Crippen LogP contribution in [-0.4, -0.2) is 49.7 Å². The van der Waals surface area contributed by atoms with Crippen molar-refractivity contribution in [2.75, 3.05) is 19.0 Å². The minimum absolute atomic E-state index is 0.0161. The van der Waals surface area contributed by atoms with Crippen LogP contribution in [0.25, 0.3) is 21.8 Å². The number of aryl methyl sites for hydroxylation is 1. The largest absolute Gasteiger partial charge is 0.480 e. The number of nitrogens with two attached hydrogens (primary N) is 2. The zero-order chi connectivity index (χ0) is 24.6. The minimum Gasteiger partial charge on any atom is -0.480 e. The lowest BCUT2D eigenvalue weighted by Crippen LogP contribution is -2.33. The molecule has 0 saturated heterocycles. The van der Waals surface area contributed by atoms with Crippen molar-refractivity contribution in [2.45, 2.75) is 18.9 Å². The fourth-order valence-corrected chi connectivity index (χ4v) is 3.32. The molecule has 0 radical (unpaired) electrons. The van der Waals surface area contributed by atoms with Crippen molar-refractivity contribution < 1.29 is 31.6 Å². The molecule has 12 heteroatoms. The highest BCUT2D eigenvalue weighted by atomic mass is 32.3. The molecule has 3 rings (SSSR count). The molecule has 11 nitrogen and oxygen atoms in total. The maximum atomic E-state index is 11.8. The number of fused-ring (bicyclic) bond motifs is 2. The van der Waals surface area contributed by atoms with Crippen LogP contribution in [0.2, 0.25) is 0 Å². The normalized spacial score (nSPS) is 12.0. The number of pyridine rings is 1. The summed E-state index contributed by atoms with van der Waals surface area (Å²) < 4.78 is 31.8. The number of benzene rings is 2. The number of nitrogens with one attached hydrogen (secondary N) is 1. The molecule has 178 valence electrons. The van der Waals surface area contributed by atoms with Crippen LogP contribution in [-0.2, 0) is 26.4 Å². The molecule has 7 N–H and O–H groups in total. The summed E-state index contributed by atoms with van der Waals surface area (Å²) in [5.74, 6) is -0.886. The first kappa shape index (κ1) is 25.8. The van der Waals surface area contributed by atoms with Gasteiger partial charge in [0.1, 0.15) is 13.1 Å². The third-order valence-electron chi connectivity index (χ3n) is 4.84. The molecule has 0 fully saturated rings. The number of hydrogen-bond acceptors (Lipinski definition) is 6. The number of guanidine groups is 1. The molecular formula is C21H28N5O6S+. The zero-order valence-corrected chi connectivity index (χ0v) is 19.1. The predicted molar refractivity (Wildman–Crippen MR) is 126 cm³/mol. The van der Waals surface area contributed by atoms with Gasteiger partial charge < -0.3 is 21.9 Å². The summed E-state index contributed by atoms with van der Waals surface area (Å²) in [5.41, 5.74) is 13.5. The second-order valence-electron chi connectivity index (χ2n) is 7.05. The molecule has 1 heterocycles. The van der Waals surface area contributed by atoms with Gasteiger partial charge in [0.15, 0.2) is 5.96 Å². The molecule has 0 aliphatic rings. The summed E-state index contributed by atoms with van der Waals surface area (Å²) in [7, 11) is -1.28. The molecule has 3 aromatic rings. The van der Waals surface area contributed by atoms with Crippen molar-refractivity contribution in [1.82, 2.24) is 0 Å². The van der Waals surface area contributed by atoms with Gasteiger partial charge in [0.25, 0.3) is 0 Å². The highest BCUT2D eigenvalue weighted by molar-refractivity contribution is 7.80. The maximum Gasteiger partial charge on any atom is 0.397 e. The van der Waals surface area contributed by atoms with Gasteiger partial charge in [-0.2, -0.15) is 13.0 Å². The highest BCUT2D eigenvalue weighted by Crippen LogP contribution is 2.30. The van der Waals surface area contributed by atoms with E-state index in [-0.39, 0.29) is 5.96 Å². The van der Waals surface area contributed by atoms with Crippen LogP contribution in [0.3, 0.4) is 0 Å². The number of aromatic nitrogens is 1. The molecule has 0 aliphatic carbocycles. The first-order valence-corrected chi connectivity index (χ1v) is 11.3. The predicted octanol–water partition coefficient (Wildman–Crippen LogP) is 1.17. The zero-order valence-electron chi connectivity index (χ0n) is 18.3. The van der Waals surface area contributed by atoms with Crippen LogP contribution < -0.4 is 21.4 Å². The first-order chi connectivity index (χ1) is 15.5. The van der Waals surface area contributed by atoms with Crippen molar-refractivity contribution >= 4 is 49.8 Å². The highest BCUT2D eigenvalue weighted by Gasteiger charge is 2.22. The Kier molecular flexibility index (Phi) is 8.91. The van der Waals surface area contributed by atoms with Crippen molar-refractivity contribution in [3.05, 3.63) is 48.5 Å². The van der Waals surface area contributed by atoms with Gasteiger partial charge in [-0.3, -0.25) is 13.7 Å². The van der Waals surface area contributed by atoms with Crippen molar-refractivity contribution in [3.8, 4) is 0 Å². The Morgan fingerprint density at radius 2 is 1.61 bits per heavy atom. The quantitative estimate of drug-likeness (QED) is 0.0792. The maximum absolute atomic E-state index is 11.8. The Labute approximate surface area is 191 Å². The smallest absolute Gasteiger partial charge is 0.397 e. The van der Waals surface area contributed by atoms with E-state index in [9.17, 15) is 18.3 Å². The van der Waals surface area contributed by atoms with E-state index in [0.29, 0.717) is 19.4 Å². The lowest BCUT2D eigenvalue weighted by Gasteiger charge is -2.18. The Balaban J connectivity index is 0.000000569. The number of carbonyl (C=O) groups is 1. The van der Waals surface area contributed by atoms with Crippen LogP contribution in [0, 0.1) is 0 Å². The van der Waals surface area contributed by atoms with Crippen LogP contribution in [0.5, 0.6) is 0 Å². The summed E-state index contributed by atoms with van der Waals surface area (Å²) in [6.45, 7) is 0.402. The molecule has 33 heavy (non-hydrogen) atoms. The lowest BCUT2D eigenvalue weighted by atomic mass is 10.0. The third kappa shape index (κ3) is 7.27. The average molecular weight is 479 g/mol. The number of rotatable bonds is 8. The van der Waals surface area contributed by atoms with Gasteiger partial charge in [-0.15, -0.1) is 0 Å². The minimum atomic E-state index is -4.16. The van der Waals surface area contributed by atoms with E-state index < -0.39 is 22.4 Å². The summed E-state index contributed by atoms with van der Waals surface area (Å²) in [4.78, 5) is 15.7. The molecule has 0 spiro atoms. The summed E-state index contributed by atoms with van der Waals surface area (Å²) in [5, 5.41) is 14.9. The molecule has 2 aromatic carbocycles. The number of hydrogen-bond donors (Lipinski definition) is 5. The van der Waals surface area contributed by atoms with Crippen LogP contribution in [0.1, 0.15) is 12.8 Å². The fraction of sp³-hybridized carbons (Fsp3) is 0.286. The monoisotopic (exact) mass is 478 g/mol. The van der Waals surface area contributed by atoms with E-state index in [1.807, 2.05) is 55.6 Å². The first-order valence-electron chi connectivity index (χ1n) is 9.92. The van der Waals surface area contributed by atoms with E-state index in [4.69, 9.17) is 16.0 Å². The van der Waals surface area contributed by atoms with Crippen LogP contribution >= 0.6 is 0 Å². The molecule has 0 amide bonds. The molecule has 1 atom stereocenters. The fourth-order valence-electron chi connectivity index (χ4n) is 3.32. The van der Waals surface area contributed by atoms with Crippen LogP contribution in [0.15, 0.2) is 53.5 Å². The summed E-state index contributed by atoms with van der Waals surface area (Å²) in [6, 6.07) is 15.2. The summed E-state index contributed by atoms with van der Waals surface area (Å²) in [6.07, 6.45) is 0.980. The Hall–Kier alpha value is -3.48. The Bertz CT molecular complexity index is 1200. The number of aliphatic carboxylic acids is 1. The topological polar surface area (TPSA) is 181 Å². The molecule has 1 aromatic heterocycles. The molecule has 0 aliphatic heterocycles. The molecule has 0 bridgehead atoms. The third-order valence-corrected chi connectivity index (χ3v) is 5.26. The van der Waals surface area contributed by atoms with E-state index in [2.05, 4.69) is 19.1 Å². The van der Waals surface area contributed by atoms with Crippen molar-refractivity contribution in [1.29, 1.82) is 0 Å². The Morgan fingerprint density at radius 3 is 2.03 bits per heavy atom. The molecule has 1 unspecified atom stereocenters. The lowest BCUT2D eigenvalue weighted by molar-refractivity contribution is -0.617. The van der Waals surface area contributed by atoms with Gasteiger partial charge in [-0.1, -0.05) is 24.3 Å². The van der Waals surface area contributed by atoms with Crippen molar-refractivity contribution in [2.24, 2.45) is 23.5 Å². The van der Waals surface area contributed by atoms with Gasteiger partial charge in [-0.25, -0.2) is 4.79 Å². The number of aliphatic imine (C=N–C) groups is 1. The summed E-state index contributed by atoms with van der Waals surface area (Å²) >= 11 is 0. The van der Waals surface area contributed by atoms with E-state index in [1.54, 1.807) is 0 Å². The number of para-hydroxylation sites is 2. The second kappa shape index (κ2) is 11.4. The van der Waals surface area contributed by atoms with Gasteiger partial charge in [-0.05, 0) is 25.0 Å². The van der Waals surface area contributed by atoms with Gasteiger partial charge in [0.2, 0.25) is 11.0 Å². The number of nitrogens with zero attached hydrogens (tertiary/aromatic N) is 2. The molecular weight excluding hydrogens is 450 g/mol. The SMILES string of the molecule is COS(=O)(=O)O.C[n+]1c2ccccc2c(NC(CCCN=C(N)N)C(=O)O)c2ccccc21. The Morgan fingerprint density at radius 1 is 1.12 bits per heavy atom. The second-order valence-corrected chi connectivity index (χ2v) is 8.24. The number of carboxylic acids is 1. The number of carboxylic acid groups (broad SMARTS) is 1. The van der Waals surface area contributed by atoms with E-state index in [0.717, 1.165) is 34.6 Å². The van der Waals surface area contributed by atoms with Gasteiger partial charge in [0, 0.05) is 18.7 Å². The average Bonchev–Trinajstić information content (AvgIpc) is 2.77. The van der Waals surface area contributed by atoms with E-state index in [1.165, 1.54) is 0 Å². The van der Waals surface area contributed by atoms with Crippen LogP contribution in [0.4, 0.5) is 5.69 Å². The van der Waals surface area contributed by atoms with E-state index >= 15 is 0 Å². The van der Waals surface area contributed by atoms with Crippen molar-refractivity contribution in [3.63, 3.8) is 0 Å². The molecule has 0 saturated carbocycles. The van der Waals surface area contributed by atoms with Gasteiger partial charge >= 0.3 is 16.4 Å². The van der Waals surface area contributed by atoms with Gasteiger partial charge in [0.05, 0.1) is 23.6 Å².